The van der Waals surface area contributed by atoms with Crippen LogP contribution in [0, 0.1) is 0 Å². The lowest BCUT2D eigenvalue weighted by molar-refractivity contribution is 0.476. The fourth-order valence-electron chi connectivity index (χ4n) is 3.51. The van der Waals surface area contributed by atoms with Crippen LogP contribution in [0.15, 0.2) is 53.2 Å². The van der Waals surface area contributed by atoms with Crippen molar-refractivity contribution in [2.24, 2.45) is 4.99 Å². The van der Waals surface area contributed by atoms with Crippen molar-refractivity contribution in [3.05, 3.63) is 64.9 Å². The van der Waals surface area contributed by atoms with Crippen LogP contribution in [-0.2, 0) is 5.41 Å². The Morgan fingerprint density at radius 2 is 1.53 bits per heavy atom. The van der Waals surface area contributed by atoms with Gasteiger partial charge in [0, 0.05) is 11.4 Å². The van der Waals surface area contributed by atoms with E-state index in [1.165, 1.54) is 16.7 Å². The molecule has 0 aliphatic heterocycles. The van der Waals surface area contributed by atoms with Gasteiger partial charge in [0.1, 0.15) is 5.75 Å². The van der Waals surface area contributed by atoms with Gasteiger partial charge in [-0.25, -0.2) is 0 Å². The Morgan fingerprint density at radius 1 is 0.967 bits per heavy atom. The number of benzene rings is 2. The number of nitrogens with zero attached hydrogens (tertiary/aromatic N) is 1. The summed E-state index contributed by atoms with van der Waals surface area (Å²) in [6.07, 6.45) is 2.03. The van der Waals surface area contributed by atoms with Gasteiger partial charge >= 0.3 is 0 Å². The van der Waals surface area contributed by atoms with E-state index >= 15 is 0 Å². The van der Waals surface area contributed by atoms with Gasteiger partial charge in [0.25, 0.3) is 0 Å². The van der Waals surface area contributed by atoms with Gasteiger partial charge in [-0.15, -0.1) is 0 Å². The van der Waals surface area contributed by atoms with E-state index in [9.17, 15) is 5.11 Å². The van der Waals surface area contributed by atoms with Crippen LogP contribution in [0.3, 0.4) is 0 Å². The summed E-state index contributed by atoms with van der Waals surface area (Å²) in [6.45, 7) is 19.4. The van der Waals surface area contributed by atoms with Crippen molar-refractivity contribution in [2.45, 2.75) is 79.6 Å². The number of phenols is 1. The highest BCUT2D eigenvalue weighted by molar-refractivity contribution is 5.96. The highest BCUT2D eigenvalue weighted by Crippen LogP contribution is 2.35. The second-order valence-electron chi connectivity index (χ2n) is 9.78. The van der Waals surface area contributed by atoms with Crippen LogP contribution in [0.5, 0.6) is 5.75 Å². The summed E-state index contributed by atoms with van der Waals surface area (Å²) in [5.74, 6) is 1.07. The number of aliphatic imine (C=N–C) groups is 1. The zero-order chi connectivity index (χ0) is 22.6. The SMILES string of the molecule is CC(/C=C(/C)Nc1cc(C(C)(C)C)ccc1O)=Nc1c(C(C)C)cccc1C(C)C. The Morgan fingerprint density at radius 3 is 2.03 bits per heavy atom. The van der Waals surface area contributed by atoms with E-state index in [0.29, 0.717) is 11.8 Å². The van der Waals surface area contributed by atoms with Crippen LogP contribution in [0.2, 0.25) is 0 Å². The average Bonchev–Trinajstić information content (AvgIpc) is 2.62. The topological polar surface area (TPSA) is 44.6 Å². The van der Waals surface area contributed by atoms with Crippen molar-refractivity contribution in [3.8, 4) is 5.75 Å². The molecule has 2 aromatic carbocycles. The van der Waals surface area contributed by atoms with Gasteiger partial charge in [-0.3, -0.25) is 4.99 Å². The quantitative estimate of drug-likeness (QED) is 0.376. The normalized spacial score (nSPS) is 13.3. The van der Waals surface area contributed by atoms with Crippen molar-refractivity contribution in [1.82, 2.24) is 0 Å². The molecule has 0 atom stereocenters. The first kappa shape index (κ1) is 23.7. The molecule has 30 heavy (non-hydrogen) atoms. The summed E-state index contributed by atoms with van der Waals surface area (Å²) in [5, 5.41) is 13.6. The van der Waals surface area contributed by atoms with Gasteiger partial charge in [-0.2, -0.15) is 0 Å². The molecule has 0 saturated heterocycles. The summed E-state index contributed by atoms with van der Waals surface area (Å²) in [7, 11) is 0. The first-order valence-corrected chi connectivity index (χ1v) is 10.9. The molecular formula is C27H38N2O. The fourth-order valence-corrected chi connectivity index (χ4v) is 3.51. The van der Waals surface area contributed by atoms with Crippen LogP contribution in [0.1, 0.15) is 90.8 Å². The number of nitrogens with one attached hydrogen (secondary N) is 1. The van der Waals surface area contributed by atoms with Gasteiger partial charge in [-0.1, -0.05) is 72.7 Å². The van der Waals surface area contributed by atoms with Crippen molar-refractivity contribution in [2.75, 3.05) is 5.32 Å². The maximum Gasteiger partial charge on any atom is 0.139 e. The molecule has 0 radical (unpaired) electrons. The van der Waals surface area contributed by atoms with Gasteiger partial charge in [0.15, 0.2) is 0 Å². The van der Waals surface area contributed by atoms with E-state index in [-0.39, 0.29) is 11.2 Å². The average molecular weight is 407 g/mol. The van der Waals surface area contributed by atoms with Crippen molar-refractivity contribution in [1.29, 1.82) is 0 Å². The molecule has 0 saturated carbocycles. The van der Waals surface area contributed by atoms with Gasteiger partial charge in [0.2, 0.25) is 0 Å². The number of rotatable bonds is 6. The molecular weight excluding hydrogens is 368 g/mol. The monoisotopic (exact) mass is 406 g/mol. The van der Waals surface area contributed by atoms with E-state index in [1.807, 2.05) is 32.1 Å². The minimum absolute atomic E-state index is 0.0208. The summed E-state index contributed by atoms with van der Waals surface area (Å²) < 4.78 is 0. The zero-order valence-electron chi connectivity index (χ0n) is 20.1. The molecule has 0 fully saturated rings. The largest absolute Gasteiger partial charge is 0.506 e. The van der Waals surface area contributed by atoms with Crippen molar-refractivity contribution >= 4 is 17.1 Å². The fraction of sp³-hybridized carbons (Fsp3) is 0.444. The van der Waals surface area contributed by atoms with E-state index < -0.39 is 0 Å². The van der Waals surface area contributed by atoms with Gasteiger partial charge in [0.05, 0.1) is 11.4 Å². The van der Waals surface area contributed by atoms with Gasteiger partial charge < -0.3 is 10.4 Å². The molecule has 0 bridgehead atoms. The predicted octanol–water partition coefficient (Wildman–Crippen LogP) is 8.04. The van der Waals surface area contributed by atoms with Crippen LogP contribution < -0.4 is 5.32 Å². The maximum absolute atomic E-state index is 10.3. The van der Waals surface area contributed by atoms with E-state index in [1.54, 1.807) is 6.07 Å². The Balaban J connectivity index is 2.38. The summed E-state index contributed by atoms with van der Waals surface area (Å²) >= 11 is 0. The number of hydrogen-bond donors (Lipinski definition) is 2. The van der Waals surface area contributed by atoms with Crippen LogP contribution in [-0.4, -0.2) is 10.8 Å². The first-order chi connectivity index (χ1) is 13.9. The molecule has 0 aliphatic carbocycles. The first-order valence-electron chi connectivity index (χ1n) is 10.9. The smallest absolute Gasteiger partial charge is 0.139 e. The van der Waals surface area contributed by atoms with E-state index in [2.05, 4.69) is 72.0 Å². The Labute approximate surface area is 183 Å². The predicted molar refractivity (Wildman–Crippen MR) is 132 cm³/mol. The third kappa shape index (κ3) is 5.98. The molecule has 3 nitrogen and oxygen atoms in total. The zero-order valence-corrected chi connectivity index (χ0v) is 20.1. The highest BCUT2D eigenvalue weighted by atomic mass is 16.3. The molecule has 162 valence electrons. The number of phenolic OH excluding ortho intramolecular Hbond substituents is 1. The summed E-state index contributed by atoms with van der Waals surface area (Å²) in [5.41, 5.74) is 7.41. The number of hydrogen-bond acceptors (Lipinski definition) is 3. The third-order valence-corrected chi connectivity index (χ3v) is 5.25. The van der Waals surface area contributed by atoms with Crippen LogP contribution >= 0.6 is 0 Å². The minimum Gasteiger partial charge on any atom is -0.506 e. The van der Waals surface area contributed by atoms with Crippen molar-refractivity contribution < 1.29 is 5.11 Å². The molecule has 0 amide bonds. The van der Waals surface area contributed by atoms with Crippen LogP contribution in [0.4, 0.5) is 11.4 Å². The second kappa shape index (κ2) is 9.51. The molecule has 2 rings (SSSR count). The number of anilines is 1. The Bertz CT molecular complexity index is 918. The molecule has 3 heteroatoms. The second-order valence-corrected chi connectivity index (χ2v) is 9.78. The summed E-state index contributed by atoms with van der Waals surface area (Å²) in [6, 6.07) is 12.2. The number of allylic oxidation sites excluding steroid dienone is 2. The lowest BCUT2D eigenvalue weighted by Crippen LogP contribution is -2.11. The van der Waals surface area contributed by atoms with E-state index in [0.717, 1.165) is 22.8 Å². The molecule has 0 spiro atoms. The molecule has 0 unspecified atom stereocenters. The Hall–Kier alpha value is -2.55. The van der Waals surface area contributed by atoms with E-state index in [4.69, 9.17) is 4.99 Å². The van der Waals surface area contributed by atoms with Crippen LogP contribution in [0.25, 0.3) is 0 Å². The molecule has 0 aliphatic rings. The minimum atomic E-state index is 0.0208. The standard InChI is InChI=1S/C27H38N2O/c1-17(2)22-11-10-12-23(18(3)4)26(22)29-20(6)15-19(5)28-24-16-21(27(7,8)9)13-14-25(24)30/h10-18,28,30H,1-9H3/b19-15-,29-20?. The number of para-hydroxylation sites is 1. The van der Waals surface area contributed by atoms with Gasteiger partial charge in [-0.05, 0) is 66.0 Å². The lowest BCUT2D eigenvalue weighted by Gasteiger charge is -2.21. The molecule has 2 aromatic rings. The molecule has 0 heterocycles. The molecule has 0 aromatic heterocycles. The molecule has 2 N–H and O–H groups in total. The number of aromatic hydroxyl groups is 1. The van der Waals surface area contributed by atoms with Crippen molar-refractivity contribution in [3.63, 3.8) is 0 Å². The Kier molecular flexibility index (Phi) is 7.52. The lowest BCUT2D eigenvalue weighted by atomic mass is 9.87. The highest BCUT2D eigenvalue weighted by Gasteiger charge is 2.16. The summed E-state index contributed by atoms with van der Waals surface area (Å²) in [4.78, 5) is 5.00. The third-order valence-electron chi connectivity index (χ3n) is 5.25. The maximum atomic E-state index is 10.3.